The van der Waals surface area contributed by atoms with Crippen molar-refractivity contribution in [2.45, 2.75) is 31.4 Å². The largest absolute Gasteiger partial charge is 0.435 e. The highest BCUT2D eigenvalue weighted by atomic mass is 19.3. The van der Waals surface area contributed by atoms with E-state index in [4.69, 9.17) is 0 Å². The quantitative estimate of drug-likeness (QED) is 0.884. The number of piperazine rings is 1. The molecule has 6 nitrogen and oxygen atoms in total. The fourth-order valence-corrected chi connectivity index (χ4v) is 3.76. The third-order valence-corrected chi connectivity index (χ3v) is 5.32. The van der Waals surface area contributed by atoms with Crippen molar-refractivity contribution in [1.82, 2.24) is 15.1 Å². The zero-order chi connectivity index (χ0) is 18.7. The van der Waals surface area contributed by atoms with Gasteiger partial charge in [-0.05, 0) is 38.1 Å². The second-order valence-electron chi connectivity index (χ2n) is 6.88. The van der Waals surface area contributed by atoms with Crippen molar-refractivity contribution in [2.75, 3.05) is 33.2 Å². The first-order valence-corrected chi connectivity index (χ1v) is 8.72. The van der Waals surface area contributed by atoms with Crippen LogP contribution >= 0.6 is 0 Å². The number of nitrogens with one attached hydrogen (secondary N) is 1. The van der Waals surface area contributed by atoms with E-state index < -0.39 is 6.61 Å². The molecule has 1 aromatic rings. The van der Waals surface area contributed by atoms with E-state index in [1.54, 1.807) is 11.0 Å². The van der Waals surface area contributed by atoms with Gasteiger partial charge in [0, 0.05) is 43.7 Å². The molecule has 0 saturated carbocycles. The second-order valence-corrected chi connectivity index (χ2v) is 6.88. The molecule has 1 aromatic carbocycles. The highest BCUT2D eigenvalue weighted by Gasteiger charge is 2.42. The molecule has 0 unspecified atom stereocenters. The van der Waals surface area contributed by atoms with Gasteiger partial charge in [-0.15, -0.1) is 0 Å². The van der Waals surface area contributed by atoms with Gasteiger partial charge in [0.25, 0.3) is 5.91 Å². The highest BCUT2D eigenvalue weighted by Crippen LogP contribution is 2.31. The molecule has 2 saturated heterocycles. The Labute approximate surface area is 151 Å². The van der Waals surface area contributed by atoms with E-state index in [0.29, 0.717) is 44.6 Å². The zero-order valence-electron chi connectivity index (χ0n) is 14.7. The molecule has 2 aliphatic heterocycles. The number of hydrogen-bond acceptors (Lipinski definition) is 4. The average Bonchev–Trinajstić information content (AvgIpc) is 2.79. The van der Waals surface area contributed by atoms with Crippen molar-refractivity contribution in [3.8, 4) is 5.75 Å². The minimum absolute atomic E-state index is 0.0287. The molecule has 3 rings (SSSR count). The molecule has 1 atom stereocenters. The number of carbonyl (C=O) groups is 2. The van der Waals surface area contributed by atoms with Crippen LogP contribution in [0.4, 0.5) is 8.78 Å². The van der Waals surface area contributed by atoms with Crippen LogP contribution in [0.2, 0.25) is 0 Å². The zero-order valence-corrected chi connectivity index (χ0v) is 14.7. The lowest BCUT2D eigenvalue weighted by atomic mass is 9.86. The van der Waals surface area contributed by atoms with Crippen molar-refractivity contribution in [3.63, 3.8) is 0 Å². The molecule has 0 aliphatic carbocycles. The number of likely N-dealkylation sites (N-methyl/N-ethyl adjacent to an activating group) is 1. The summed E-state index contributed by atoms with van der Waals surface area (Å²) in [6, 6.07) is 5.88. The van der Waals surface area contributed by atoms with Gasteiger partial charge in [-0.25, -0.2) is 0 Å². The SMILES string of the molecule is CN1CCN(C(=O)c2cccc(OC(F)F)c2)C[C@]12CCNC(=O)CC2. The first-order valence-electron chi connectivity index (χ1n) is 8.72. The number of rotatable bonds is 3. The number of ether oxygens (including phenoxy) is 1. The Balaban J connectivity index is 1.76. The first kappa shape index (κ1) is 18.6. The Morgan fingerprint density at radius 2 is 2.12 bits per heavy atom. The van der Waals surface area contributed by atoms with Crippen LogP contribution in [0.15, 0.2) is 24.3 Å². The van der Waals surface area contributed by atoms with Gasteiger partial charge in [0.1, 0.15) is 5.75 Å². The van der Waals surface area contributed by atoms with Crippen LogP contribution in [0.5, 0.6) is 5.75 Å². The summed E-state index contributed by atoms with van der Waals surface area (Å²) < 4.78 is 29.2. The van der Waals surface area contributed by atoms with E-state index in [2.05, 4.69) is 15.0 Å². The van der Waals surface area contributed by atoms with Gasteiger partial charge < -0.3 is 15.0 Å². The Kier molecular flexibility index (Phi) is 5.41. The van der Waals surface area contributed by atoms with Gasteiger partial charge in [-0.1, -0.05) is 6.07 Å². The monoisotopic (exact) mass is 367 g/mol. The molecule has 0 radical (unpaired) electrons. The summed E-state index contributed by atoms with van der Waals surface area (Å²) in [4.78, 5) is 28.6. The number of hydrogen-bond donors (Lipinski definition) is 1. The molecule has 26 heavy (non-hydrogen) atoms. The molecule has 0 bridgehead atoms. The van der Waals surface area contributed by atoms with E-state index in [-0.39, 0.29) is 23.1 Å². The van der Waals surface area contributed by atoms with E-state index in [1.807, 2.05) is 7.05 Å². The second kappa shape index (κ2) is 7.57. The third kappa shape index (κ3) is 3.95. The number of benzene rings is 1. The maximum absolute atomic E-state index is 12.9. The summed E-state index contributed by atoms with van der Waals surface area (Å²) in [5.41, 5.74) is 0.0788. The summed E-state index contributed by atoms with van der Waals surface area (Å²) in [6.45, 7) is -0.575. The van der Waals surface area contributed by atoms with Crippen molar-refractivity contribution < 1.29 is 23.1 Å². The molecule has 1 N–H and O–H groups in total. The Bertz CT molecular complexity index is 685. The lowest BCUT2D eigenvalue weighted by Crippen LogP contribution is -2.62. The van der Waals surface area contributed by atoms with Gasteiger partial charge in [0.2, 0.25) is 5.91 Å². The molecule has 2 heterocycles. The molecule has 1 spiro atoms. The summed E-state index contributed by atoms with van der Waals surface area (Å²) in [7, 11) is 2.02. The van der Waals surface area contributed by atoms with Crippen molar-refractivity contribution in [3.05, 3.63) is 29.8 Å². The molecular formula is C18H23F2N3O3. The predicted octanol–water partition coefficient (Wildman–Crippen LogP) is 1.71. The molecule has 2 amide bonds. The standard InChI is InChI=1S/C18H23F2N3O3/c1-22-9-10-23(12-18(22)6-5-15(24)21-8-7-18)16(25)13-3-2-4-14(11-13)26-17(19)20/h2-4,11,17H,5-10,12H2,1H3,(H,21,24)/t18-/m0/s1. The lowest BCUT2D eigenvalue weighted by molar-refractivity contribution is -0.121. The summed E-state index contributed by atoms with van der Waals surface area (Å²) in [5, 5.41) is 2.88. The smallest absolute Gasteiger partial charge is 0.387 e. The van der Waals surface area contributed by atoms with Gasteiger partial charge in [-0.3, -0.25) is 14.5 Å². The van der Waals surface area contributed by atoms with Crippen LogP contribution < -0.4 is 10.1 Å². The predicted molar refractivity (Wildman–Crippen MR) is 91.2 cm³/mol. The van der Waals surface area contributed by atoms with Gasteiger partial charge >= 0.3 is 6.61 Å². The molecule has 8 heteroatoms. The number of amides is 2. The van der Waals surface area contributed by atoms with Gasteiger partial charge in [0.15, 0.2) is 0 Å². The molecule has 142 valence electrons. The topological polar surface area (TPSA) is 61.9 Å². The number of halogens is 2. The minimum atomic E-state index is -2.93. The summed E-state index contributed by atoms with van der Waals surface area (Å²) >= 11 is 0. The van der Waals surface area contributed by atoms with Crippen molar-refractivity contribution >= 4 is 11.8 Å². The number of carbonyl (C=O) groups excluding carboxylic acids is 2. The molecule has 2 fully saturated rings. The van der Waals surface area contributed by atoms with Crippen LogP contribution in [0.25, 0.3) is 0 Å². The van der Waals surface area contributed by atoms with Crippen LogP contribution in [-0.4, -0.2) is 67.0 Å². The maximum atomic E-state index is 12.9. The normalized spacial score (nSPS) is 24.5. The number of nitrogens with zero attached hydrogens (tertiary/aromatic N) is 2. The van der Waals surface area contributed by atoms with E-state index >= 15 is 0 Å². The van der Waals surface area contributed by atoms with Crippen molar-refractivity contribution in [1.29, 1.82) is 0 Å². The lowest BCUT2D eigenvalue weighted by Gasteiger charge is -2.49. The van der Waals surface area contributed by atoms with Crippen LogP contribution in [0.1, 0.15) is 29.6 Å². The first-order chi connectivity index (χ1) is 12.4. The summed E-state index contributed by atoms with van der Waals surface area (Å²) in [5.74, 6) is -0.199. The van der Waals surface area contributed by atoms with Crippen LogP contribution in [0.3, 0.4) is 0 Å². The van der Waals surface area contributed by atoms with E-state index in [1.165, 1.54) is 18.2 Å². The van der Waals surface area contributed by atoms with E-state index in [9.17, 15) is 18.4 Å². The molecule has 2 aliphatic rings. The molecular weight excluding hydrogens is 344 g/mol. The fourth-order valence-electron chi connectivity index (χ4n) is 3.76. The minimum Gasteiger partial charge on any atom is -0.435 e. The summed E-state index contributed by atoms with van der Waals surface area (Å²) in [6.07, 6.45) is 1.89. The number of alkyl halides is 2. The van der Waals surface area contributed by atoms with Crippen LogP contribution in [0, 0.1) is 0 Å². The third-order valence-electron chi connectivity index (χ3n) is 5.32. The maximum Gasteiger partial charge on any atom is 0.387 e. The average molecular weight is 367 g/mol. The van der Waals surface area contributed by atoms with Gasteiger partial charge in [-0.2, -0.15) is 8.78 Å². The van der Waals surface area contributed by atoms with E-state index in [0.717, 1.165) is 6.42 Å². The van der Waals surface area contributed by atoms with Crippen molar-refractivity contribution in [2.24, 2.45) is 0 Å². The van der Waals surface area contributed by atoms with Crippen LogP contribution in [-0.2, 0) is 4.79 Å². The Hall–Kier alpha value is -2.22. The van der Waals surface area contributed by atoms with Gasteiger partial charge in [0.05, 0.1) is 0 Å². The molecule has 0 aromatic heterocycles. The Morgan fingerprint density at radius 3 is 2.88 bits per heavy atom. The highest BCUT2D eigenvalue weighted by molar-refractivity contribution is 5.94. The fraction of sp³-hybridized carbons (Fsp3) is 0.556. The Morgan fingerprint density at radius 1 is 1.31 bits per heavy atom.